The molecule has 0 saturated carbocycles. The molecule has 1 aliphatic heterocycles. The largest absolute Gasteiger partial charge is 0.236 e. The van der Waals surface area contributed by atoms with Gasteiger partial charge in [-0.3, -0.25) is 0 Å². The Labute approximate surface area is 165 Å². The lowest BCUT2D eigenvalue weighted by atomic mass is 10.2. The van der Waals surface area contributed by atoms with Crippen molar-refractivity contribution in [2.24, 2.45) is 0 Å². The Bertz CT molecular complexity index is 1030. The van der Waals surface area contributed by atoms with Crippen LogP contribution in [0.2, 0.25) is 0 Å². The number of halogens is 1. The highest BCUT2D eigenvalue weighted by Crippen LogP contribution is 2.17. The van der Waals surface area contributed by atoms with E-state index in [1.54, 1.807) is 12.1 Å². The van der Waals surface area contributed by atoms with Crippen LogP contribution in [0.25, 0.3) is 6.08 Å². The van der Waals surface area contributed by atoms with Crippen molar-refractivity contribution in [3.05, 3.63) is 76.9 Å². The van der Waals surface area contributed by atoms with Crippen LogP contribution in [-0.4, -0.2) is 51.6 Å². The molecule has 2 aromatic rings. The maximum atomic E-state index is 13.0. The molecule has 6 nitrogen and oxygen atoms in total. The van der Waals surface area contributed by atoms with Gasteiger partial charge in [-0.05, 0) is 29.3 Å². The molecule has 1 fully saturated rings. The highest BCUT2D eigenvalue weighted by Gasteiger charge is 2.31. The Morgan fingerprint density at radius 3 is 2.00 bits per heavy atom. The van der Waals surface area contributed by atoms with Crippen molar-refractivity contribution in [1.29, 1.82) is 0 Å². The number of nitrogens with zero attached hydrogens (tertiary/aromatic N) is 2. The molecule has 0 bridgehead atoms. The SMILES string of the molecule is O=S(=O)(/C=C/c1ccccc1)N1CCN(S(=O)(=O)Cc2ccc(F)cc2)CC1. The molecular formula is C19H21FN2O4S2. The summed E-state index contributed by atoms with van der Waals surface area (Å²) in [6, 6.07) is 14.4. The van der Waals surface area contributed by atoms with Crippen molar-refractivity contribution in [1.82, 2.24) is 8.61 Å². The number of hydrogen-bond donors (Lipinski definition) is 0. The van der Waals surface area contributed by atoms with E-state index in [1.165, 1.54) is 39.0 Å². The van der Waals surface area contributed by atoms with E-state index in [4.69, 9.17) is 0 Å². The second kappa shape index (κ2) is 8.52. The average Bonchev–Trinajstić information content (AvgIpc) is 2.69. The smallest absolute Gasteiger partial charge is 0.212 e. The predicted molar refractivity (Wildman–Crippen MR) is 107 cm³/mol. The number of sulfonamides is 2. The molecule has 1 heterocycles. The Morgan fingerprint density at radius 2 is 1.39 bits per heavy atom. The van der Waals surface area contributed by atoms with Gasteiger partial charge < -0.3 is 0 Å². The fourth-order valence-electron chi connectivity index (χ4n) is 2.90. The lowest BCUT2D eigenvalue weighted by Crippen LogP contribution is -2.50. The molecule has 0 unspecified atom stereocenters. The van der Waals surface area contributed by atoms with Crippen LogP contribution in [-0.2, 0) is 25.8 Å². The van der Waals surface area contributed by atoms with E-state index < -0.39 is 25.9 Å². The average molecular weight is 425 g/mol. The first kappa shape index (κ1) is 20.7. The Balaban J connectivity index is 1.61. The van der Waals surface area contributed by atoms with Gasteiger partial charge in [-0.15, -0.1) is 0 Å². The molecule has 0 radical (unpaired) electrons. The number of benzene rings is 2. The minimum atomic E-state index is -3.62. The molecule has 0 spiro atoms. The van der Waals surface area contributed by atoms with E-state index in [-0.39, 0.29) is 31.9 Å². The topological polar surface area (TPSA) is 74.8 Å². The van der Waals surface area contributed by atoms with Crippen LogP contribution in [0, 0.1) is 5.82 Å². The molecule has 1 aliphatic rings. The first-order chi connectivity index (χ1) is 13.3. The van der Waals surface area contributed by atoms with Crippen molar-refractivity contribution in [3.8, 4) is 0 Å². The Hall–Kier alpha value is -2.07. The van der Waals surface area contributed by atoms with E-state index >= 15 is 0 Å². The van der Waals surface area contributed by atoms with Gasteiger partial charge >= 0.3 is 0 Å². The molecule has 1 saturated heterocycles. The maximum Gasteiger partial charge on any atom is 0.236 e. The maximum absolute atomic E-state index is 13.0. The van der Waals surface area contributed by atoms with Gasteiger partial charge in [-0.1, -0.05) is 42.5 Å². The summed E-state index contributed by atoms with van der Waals surface area (Å²) in [5, 5.41) is 1.14. The van der Waals surface area contributed by atoms with Crippen LogP contribution in [0.5, 0.6) is 0 Å². The molecule has 150 valence electrons. The third-order valence-electron chi connectivity index (χ3n) is 4.45. The van der Waals surface area contributed by atoms with Crippen LogP contribution >= 0.6 is 0 Å². The molecule has 28 heavy (non-hydrogen) atoms. The van der Waals surface area contributed by atoms with Crippen LogP contribution in [0.1, 0.15) is 11.1 Å². The second-order valence-electron chi connectivity index (χ2n) is 6.44. The summed E-state index contributed by atoms with van der Waals surface area (Å²) in [7, 11) is -7.23. The van der Waals surface area contributed by atoms with Crippen LogP contribution < -0.4 is 0 Å². The quantitative estimate of drug-likeness (QED) is 0.713. The van der Waals surface area contributed by atoms with E-state index in [9.17, 15) is 21.2 Å². The molecule has 0 amide bonds. The summed E-state index contributed by atoms with van der Waals surface area (Å²) in [6.45, 7) is 0.345. The zero-order valence-electron chi connectivity index (χ0n) is 15.1. The molecule has 2 aromatic carbocycles. The molecule has 0 aliphatic carbocycles. The fraction of sp³-hybridized carbons (Fsp3) is 0.263. The van der Waals surface area contributed by atoms with Gasteiger partial charge in [0.05, 0.1) is 5.75 Å². The first-order valence-corrected chi connectivity index (χ1v) is 11.8. The highest BCUT2D eigenvalue weighted by molar-refractivity contribution is 7.92. The molecule has 9 heteroatoms. The Kier molecular flexibility index (Phi) is 6.29. The lowest BCUT2D eigenvalue weighted by molar-refractivity contribution is 0.274. The van der Waals surface area contributed by atoms with Gasteiger partial charge in [0.1, 0.15) is 5.82 Å². The van der Waals surface area contributed by atoms with Crippen molar-refractivity contribution in [3.63, 3.8) is 0 Å². The van der Waals surface area contributed by atoms with Crippen LogP contribution in [0.4, 0.5) is 4.39 Å². The molecule has 0 atom stereocenters. The number of rotatable bonds is 6. The number of piperazine rings is 1. The van der Waals surface area contributed by atoms with Gasteiger partial charge in [0.2, 0.25) is 20.0 Å². The zero-order valence-corrected chi connectivity index (χ0v) is 16.7. The van der Waals surface area contributed by atoms with Gasteiger partial charge in [-0.2, -0.15) is 8.61 Å². The summed E-state index contributed by atoms with van der Waals surface area (Å²) >= 11 is 0. The summed E-state index contributed by atoms with van der Waals surface area (Å²) in [4.78, 5) is 0. The third-order valence-corrected chi connectivity index (χ3v) is 7.86. The first-order valence-electron chi connectivity index (χ1n) is 8.72. The van der Waals surface area contributed by atoms with Crippen molar-refractivity contribution in [2.75, 3.05) is 26.2 Å². The lowest BCUT2D eigenvalue weighted by Gasteiger charge is -2.32. The summed E-state index contributed by atoms with van der Waals surface area (Å²) in [6.07, 6.45) is 1.52. The highest BCUT2D eigenvalue weighted by atomic mass is 32.2. The predicted octanol–water partition coefficient (Wildman–Crippen LogP) is 2.27. The van der Waals surface area contributed by atoms with Crippen molar-refractivity contribution < 1.29 is 21.2 Å². The van der Waals surface area contributed by atoms with E-state index in [0.717, 1.165) is 11.0 Å². The van der Waals surface area contributed by atoms with Crippen molar-refractivity contribution >= 4 is 26.1 Å². The molecule has 0 N–H and O–H groups in total. The van der Waals surface area contributed by atoms with Crippen LogP contribution in [0.15, 0.2) is 60.0 Å². The number of hydrogen-bond acceptors (Lipinski definition) is 4. The standard InChI is InChI=1S/C19H21FN2O4S2/c20-19-8-6-18(7-9-19)16-28(25,26)22-13-11-21(12-14-22)27(23,24)15-10-17-4-2-1-3-5-17/h1-10,15H,11-14,16H2/b15-10+. The van der Waals surface area contributed by atoms with E-state index in [2.05, 4.69) is 0 Å². The molecule has 3 rings (SSSR count). The summed E-state index contributed by atoms with van der Waals surface area (Å²) < 4.78 is 65.6. The monoisotopic (exact) mass is 424 g/mol. The van der Waals surface area contributed by atoms with Gasteiger partial charge in [-0.25, -0.2) is 21.2 Å². The van der Waals surface area contributed by atoms with E-state index in [0.29, 0.717) is 5.56 Å². The third kappa shape index (κ3) is 5.26. The molecule has 0 aromatic heterocycles. The normalized spacial score (nSPS) is 17.2. The zero-order chi connectivity index (χ0) is 20.2. The molecular weight excluding hydrogens is 403 g/mol. The Morgan fingerprint density at radius 1 is 0.821 bits per heavy atom. The summed E-state index contributed by atoms with van der Waals surface area (Å²) in [5.41, 5.74) is 1.26. The van der Waals surface area contributed by atoms with Crippen LogP contribution in [0.3, 0.4) is 0 Å². The second-order valence-corrected chi connectivity index (χ2v) is 10.2. The van der Waals surface area contributed by atoms with Gasteiger partial charge in [0.25, 0.3) is 0 Å². The van der Waals surface area contributed by atoms with Crippen molar-refractivity contribution in [2.45, 2.75) is 5.75 Å². The van der Waals surface area contributed by atoms with E-state index in [1.807, 2.05) is 18.2 Å². The summed E-state index contributed by atoms with van der Waals surface area (Å²) in [5.74, 6) is -0.669. The minimum absolute atomic E-state index is 0.0853. The fourth-order valence-corrected chi connectivity index (χ4v) is 5.59. The van der Waals surface area contributed by atoms with Gasteiger partial charge in [0, 0.05) is 31.6 Å². The van der Waals surface area contributed by atoms with Gasteiger partial charge in [0.15, 0.2) is 0 Å². The minimum Gasteiger partial charge on any atom is -0.212 e.